The predicted molar refractivity (Wildman–Crippen MR) is 69.1 cm³/mol. The number of Topliss-reactive ketones (excluding diaryl/α,β-unsaturated/α-hetero) is 1. The van der Waals surface area contributed by atoms with Crippen LogP contribution in [0.1, 0.15) is 30.7 Å². The van der Waals surface area contributed by atoms with Gasteiger partial charge in [-0.1, -0.05) is 24.3 Å². The van der Waals surface area contributed by atoms with E-state index < -0.39 is 0 Å². The molecule has 1 aromatic carbocycles. The SMILES string of the molecule is O=C1CCC(c2cccc(-c3cnsc3)c2)C1. The zero-order valence-corrected chi connectivity index (χ0v) is 10.2. The largest absolute Gasteiger partial charge is 0.300 e. The zero-order chi connectivity index (χ0) is 11.7. The van der Waals surface area contributed by atoms with Crippen LogP contribution in [0.5, 0.6) is 0 Å². The molecule has 1 aromatic heterocycles. The fourth-order valence-electron chi connectivity index (χ4n) is 2.42. The highest BCUT2D eigenvalue weighted by atomic mass is 32.1. The summed E-state index contributed by atoms with van der Waals surface area (Å²) in [5, 5.41) is 2.05. The van der Waals surface area contributed by atoms with Crippen molar-refractivity contribution >= 4 is 17.3 Å². The Morgan fingerprint density at radius 2 is 2.24 bits per heavy atom. The summed E-state index contributed by atoms with van der Waals surface area (Å²) in [6.07, 6.45) is 4.36. The number of ketones is 1. The molecule has 1 aliphatic rings. The molecule has 86 valence electrons. The maximum atomic E-state index is 11.3. The lowest BCUT2D eigenvalue weighted by atomic mass is 9.95. The molecule has 1 aliphatic carbocycles. The van der Waals surface area contributed by atoms with Crippen LogP contribution in [0.4, 0.5) is 0 Å². The summed E-state index contributed by atoms with van der Waals surface area (Å²) in [7, 11) is 0. The third-order valence-corrected chi connectivity index (χ3v) is 3.96. The fraction of sp³-hybridized carbons (Fsp3) is 0.286. The van der Waals surface area contributed by atoms with Crippen LogP contribution in [-0.4, -0.2) is 10.2 Å². The van der Waals surface area contributed by atoms with E-state index >= 15 is 0 Å². The van der Waals surface area contributed by atoms with Crippen LogP contribution in [0.3, 0.4) is 0 Å². The number of rotatable bonds is 2. The number of carbonyl (C=O) groups is 1. The lowest BCUT2D eigenvalue weighted by Gasteiger charge is -2.09. The lowest BCUT2D eigenvalue weighted by Crippen LogP contribution is -1.94. The minimum Gasteiger partial charge on any atom is -0.300 e. The molecular formula is C14H13NOS. The Hall–Kier alpha value is -1.48. The van der Waals surface area contributed by atoms with E-state index in [0.717, 1.165) is 12.8 Å². The Labute approximate surface area is 104 Å². The highest BCUT2D eigenvalue weighted by Gasteiger charge is 2.23. The molecule has 1 heterocycles. The first kappa shape index (κ1) is 10.7. The fourth-order valence-corrected chi connectivity index (χ4v) is 2.96. The van der Waals surface area contributed by atoms with E-state index in [1.165, 1.54) is 28.2 Å². The van der Waals surface area contributed by atoms with Gasteiger partial charge in [0, 0.05) is 30.0 Å². The summed E-state index contributed by atoms with van der Waals surface area (Å²) in [5.41, 5.74) is 3.66. The van der Waals surface area contributed by atoms with E-state index in [-0.39, 0.29) is 0 Å². The molecule has 3 rings (SSSR count). The Morgan fingerprint density at radius 3 is 2.94 bits per heavy atom. The van der Waals surface area contributed by atoms with Crippen LogP contribution in [0.15, 0.2) is 35.8 Å². The van der Waals surface area contributed by atoms with Crippen molar-refractivity contribution in [2.45, 2.75) is 25.2 Å². The highest BCUT2D eigenvalue weighted by molar-refractivity contribution is 7.03. The normalized spacial score (nSPS) is 19.8. The van der Waals surface area contributed by atoms with Crippen molar-refractivity contribution in [2.75, 3.05) is 0 Å². The Kier molecular flexibility index (Phi) is 2.77. The van der Waals surface area contributed by atoms with Crippen LogP contribution >= 0.6 is 11.5 Å². The molecular weight excluding hydrogens is 230 g/mol. The van der Waals surface area contributed by atoms with Crippen molar-refractivity contribution in [2.24, 2.45) is 0 Å². The monoisotopic (exact) mass is 243 g/mol. The number of nitrogens with zero attached hydrogens (tertiary/aromatic N) is 1. The molecule has 1 atom stereocenters. The smallest absolute Gasteiger partial charge is 0.133 e. The van der Waals surface area contributed by atoms with Gasteiger partial charge in [-0.15, -0.1) is 0 Å². The van der Waals surface area contributed by atoms with Gasteiger partial charge in [-0.25, -0.2) is 4.37 Å². The van der Waals surface area contributed by atoms with E-state index in [1.807, 2.05) is 6.20 Å². The van der Waals surface area contributed by atoms with E-state index in [0.29, 0.717) is 18.1 Å². The van der Waals surface area contributed by atoms with E-state index in [2.05, 4.69) is 34.0 Å². The molecule has 3 heteroatoms. The Morgan fingerprint density at radius 1 is 1.29 bits per heavy atom. The summed E-state index contributed by atoms with van der Waals surface area (Å²) in [5.74, 6) is 0.826. The van der Waals surface area contributed by atoms with Gasteiger partial charge in [-0.2, -0.15) is 0 Å². The molecule has 2 nitrogen and oxygen atoms in total. The number of hydrogen-bond acceptors (Lipinski definition) is 3. The second-order valence-electron chi connectivity index (χ2n) is 4.52. The van der Waals surface area contributed by atoms with Crippen molar-refractivity contribution in [3.05, 3.63) is 41.4 Å². The van der Waals surface area contributed by atoms with E-state index in [9.17, 15) is 4.79 Å². The molecule has 0 radical (unpaired) electrons. The molecule has 1 saturated carbocycles. The third kappa shape index (κ3) is 2.15. The van der Waals surface area contributed by atoms with Gasteiger partial charge in [0.2, 0.25) is 0 Å². The van der Waals surface area contributed by atoms with Gasteiger partial charge >= 0.3 is 0 Å². The number of hydrogen-bond donors (Lipinski definition) is 0. The first-order valence-corrected chi connectivity index (χ1v) is 6.68. The molecule has 0 aliphatic heterocycles. The maximum Gasteiger partial charge on any atom is 0.133 e. The molecule has 17 heavy (non-hydrogen) atoms. The second kappa shape index (κ2) is 4.41. The average molecular weight is 243 g/mol. The van der Waals surface area contributed by atoms with Crippen molar-refractivity contribution in [3.8, 4) is 11.1 Å². The van der Waals surface area contributed by atoms with Gasteiger partial charge < -0.3 is 0 Å². The Bertz CT molecular complexity index is 533. The quantitative estimate of drug-likeness (QED) is 0.806. The van der Waals surface area contributed by atoms with Crippen molar-refractivity contribution < 1.29 is 4.79 Å². The summed E-state index contributed by atoms with van der Waals surface area (Å²) in [6.45, 7) is 0. The molecule has 1 unspecified atom stereocenters. The number of carbonyl (C=O) groups excluding carboxylic acids is 1. The topological polar surface area (TPSA) is 30.0 Å². The summed E-state index contributed by atoms with van der Waals surface area (Å²) < 4.78 is 4.13. The molecule has 0 spiro atoms. The van der Waals surface area contributed by atoms with Crippen LogP contribution < -0.4 is 0 Å². The summed E-state index contributed by atoms with van der Waals surface area (Å²) in [4.78, 5) is 11.3. The minimum absolute atomic E-state index is 0.401. The first-order valence-electron chi connectivity index (χ1n) is 5.84. The third-order valence-electron chi connectivity index (χ3n) is 3.37. The Balaban J connectivity index is 1.92. The molecule has 1 fully saturated rings. The van der Waals surface area contributed by atoms with Crippen LogP contribution in [-0.2, 0) is 4.79 Å². The lowest BCUT2D eigenvalue weighted by molar-refractivity contribution is -0.117. The van der Waals surface area contributed by atoms with Gasteiger partial charge in [0.1, 0.15) is 5.78 Å². The van der Waals surface area contributed by atoms with Gasteiger partial charge in [0.25, 0.3) is 0 Å². The van der Waals surface area contributed by atoms with Crippen molar-refractivity contribution in [1.29, 1.82) is 0 Å². The molecule has 2 aromatic rings. The van der Waals surface area contributed by atoms with Crippen LogP contribution in [0.25, 0.3) is 11.1 Å². The van der Waals surface area contributed by atoms with Crippen LogP contribution in [0.2, 0.25) is 0 Å². The maximum absolute atomic E-state index is 11.3. The number of benzene rings is 1. The molecule has 0 bridgehead atoms. The molecule has 0 amide bonds. The minimum atomic E-state index is 0.401. The summed E-state index contributed by atoms with van der Waals surface area (Å²) in [6, 6.07) is 8.51. The van der Waals surface area contributed by atoms with Crippen molar-refractivity contribution in [1.82, 2.24) is 4.37 Å². The van der Waals surface area contributed by atoms with Gasteiger partial charge in [-0.3, -0.25) is 4.79 Å². The first-order chi connectivity index (χ1) is 8.33. The van der Waals surface area contributed by atoms with Crippen molar-refractivity contribution in [3.63, 3.8) is 0 Å². The van der Waals surface area contributed by atoms with Gasteiger partial charge in [-0.05, 0) is 35.0 Å². The zero-order valence-electron chi connectivity index (χ0n) is 9.43. The van der Waals surface area contributed by atoms with E-state index in [1.54, 1.807) is 0 Å². The summed E-state index contributed by atoms with van der Waals surface area (Å²) >= 11 is 1.47. The second-order valence-corrected chi connectivity index (χ2v) is 5.17. The average Bonchev–Trinajstić information content (AvgIpc) is 3.00. The predicted octanol–water partition coefficient (Wildman–Crippen LogP) is 3.65. The molecule has 0 N–H and O–H groups in total. The highest BCUT2D eigenvalue weighted by Crippen LogP contribution is 2.34. The van der Waals surface area contributed by atoms with E-state index in [4.69, 9.17) is 0 Å². The number of aromatic nitrogens is 1. The molecule has 0 saturated heterocycles. The standard InChI is InChI=1S/C14H13NOS/c16-14-5-4-12(7-14)10-2-1-3-11(6-10)13-8-15-17-9-13/h1-3,6,8-9,12H,4-5,7H2. The van der Waals surface area contributed by atoms with Gasteiger partial charge in [0.05, 0.1) is 0 Å². The van der Waals surface area contributed by atoms with Crippen LogP contribution in [0, 0.1) is 0 Å². The van der Waals surface area contributed by atoms with Gasteiger partial charge in [0.15, 0.2) is 0 Å².